The van der Waals surface area contributed by atoms with E-state index in [1.807, 2.05) is 11.9 Å². The van der Waals surface area contributed by atoms with Crippen LogP contribution in [0.5, 0.6) is 0 Å². The van der Waals surface area contributed by atoms with Gasteiger partial charge in [0.25, 0.3) is 0 Å². The first-order valence-corrected chi connectivity index (χ1v) is 8.56. The van der Waals surface area contributed by atoms with Crippen LogP contribution in [0.4, 0.5) is 0 Å². The molecule has 0 spiro atoms. The van der Waals surface area contributed by atoms with Gasteiger partial charge in [-0.05, 0) is 48.6 Å². The highest BCUT2D eigenvalue weighted by Crippen LogP contribution is 2.34. The van der Waals surface area contributed by atoms with Gasteiger partial charge in [0, 0.05) is 26.1 Å². The average molecular weight is 339 g/mol. The molecular weight excluding hydrogens is 308 g/mol. The first-order chi connectivity index (χ1) is 10.5. The Hall–Kier alpha value is -1.06. The fourth-order valence-electron chi connectivity index (χ4n) is 3.23. The summed E-state index contributed by atoms with van der Waals surface area (Å²) in [5.74, 6) is 1.10. The molecule has 0 radical (unpaired) electrons. The van der Waals surface area contributed by atoms with E-state index in [-0.39, 0.29) is 24.4 Å². The zero-order valence-corrected chi connectivity index (χ0v) is 15.4. The molecule has 0 saturated heterocycles. The van der Waals surface area contributed by atoms with Crippen LogP contribution in [0.1, 0.15) is 56.6 Å². The van der Waals surface area contributed by atoms with Crippen molar-refractivity contribution >= 4 is 18.3 Å². The number of rotatable bonds is 6. The van der Waals surface area contributed by atoms with Gasteiger partial charge >= 0.3 is 0 Å². The lowest BCUT2D eigenvalue weighted by atomic mass is 9.81. The predicted octanol–water partition coefficient (Wildman–Crippen LogP) is 3.75. The normalized spacial score (nSPS) is 18.0. The largest absolute Gasteiger partial charge is 0.346 e. The zero-order valence-electron chi connectivity index (χ0n) is 14.6. The first-order valence-electron chi connectivity index (χ1n) is 8.56. The van der Waals surface area contributed by atoms with Crippen LogP contribution >= 0.6 is 12.4 Å². The molecule has 0 aromatic heterocycles. The van der Waals surface area contributed by atoms with Gasteiger partial charge in [-0.1, -0.05) is 38.1 Å². The highest BCUT2D eigenvalue weighted by molar-refractivity contribution is 5.85. The second-order valence-electron chi connectivity index (χ2n) is 7.00. The molecule has 2 N–H and O–H groups in total. The standard InChI is InChI=1S/C19H30N2O.ClH/c1-14(2)18(20)11-12-21(3)19(22)13-16-9-6-8-15-7-4-5-10-17(15)16;/h4-5,7,10,14,16,18H,6,8-9,11-13,20H2,1-3H3;1H. The molecule has 1 aromatic carbocycles. The summed E-state index contributed by atoms with van der Waals surface area (Å²) in [6, 6.07) is 8.76. The number of fused-ring (bicyclic) bond motifs is 1. The summed E-state index contributed by atoms with van der Waals surface area (Å²) in [5.41, 5.74) is 8.89. The Morgan fingerprint density at radius 1 is 1.35 bits per heavy atom. The Bertz CT molecular complexity index is 504. The molecule has 3 nitrogen and oxygen atoms in total. The lowest BCUT2D eigenvalue weighted by molar-refractivity contribution is -0.130. The quantitative estimate of drug-likeness (QED) is 0.858. The van der Waals surface area contributed by atoms with E-state index in [1.54, 1.807) is 0 Å². The molecule has 0 saturated carbocycles. The molecule has 0 fully saturated rings. The maximum absolute atomic E-state index is 12.5. The maximum Gasteiger partial charge on any atom is 0.222 e. The van der Waals surface area contributed by atoms with E-state index in [1.165, 1.54) is 17.5 Å². The van der Waals surface area contributed by atoms with Crippen LogP contribution in [-0.4, -0.2) is 30.4 Å². The highest BCUT2D eigenvalue weighted by Gasteiger charge is 2.23. The second-order valence-corrected chi connectivity index (χ2v) is 7.00. The molecule has 0 aliphatic heterocycles. The molecule has 2 rings (SSSR count). The van der Waals surface area contributed by atoms with Crippen molar-refractivity contribution in [3.8, 4) is 0 Å². The number of nitrogens with two attached hydrogens (primary N) is 1. The first kappa shape index (κ1) is 20.0. The smallest absolute Gasteiger partial charge is 0.222 e. The van der Waals surface area contributed by atoms with Crippen molar-refractivity contribution in [2.75, 3.05) is 13.6 Å². The number of hydrogen-bond donors (Lipinski definition) is 1. The highest BCUT2D eigenvalue weighted by atomic mass is 35.5. The maximum atomic E-state index is 12.5. The third-order valence-electron chi connectivity index (χ3n) is 4.99. The lowest BCUT2D eigenvalue weighted by Gasteiger charge is -2.27. The topological polar surface area (TPSA) is 46.3 Å². The van der Waals surface area contributed by atoms with Crippen LogP contribution in [0.3, 0.4) is 0 Å². The monoisotopic (exact) mass is 338 g/mol. The molecule has 1 aromatic rings. The molecule has 2 unspecified atom stereocenters. The van der Waals surface area contributed by atoms with E-state index < -0.39 is 0 Å². The zero-order chi connectivity index (χ0) is 16.1. The summed E-state index contributed by atoms with van der Waals surface area (Å²) in [5, 5.41) is 0. The molecule has 23 heavy (non-hydrogen) atoms. The van der Waals surface area contributed by atoms with E-state index in [0.717, 1.165) is 25.8 Å². The van der Waals surface area contributed by atoms with E-state index in [4.69, 9.17) is 5.73 Å². The van der Waals surface area contributed by atoms with Gasteiger partial charge in [0.05, 0.1) is 0 Å². The van der Waals surface area contributed by atoms with Crippen molar-refractivity contribution in [3.63, 3.8) is 0 Å². The van der Waals surface area contributed by atoms with Crippen LogP contribution in [0.25, 0.3) is 0 Å². The van der Waals surface area contributed by atoms with E-state index in [2.05, 4.69) is 38.1 Å². The minimum atomic E-state index is 0. The Labute approximate surface area is 147 Å². The molecule has 2 atom stereocenters. The summed E-state index contributed by atoms with van der Waals surface area (Å²) in [6.07, 6.45) is 4.98. The van der Waals surface area contributed by atoms with Gasteiger partial charge < -0.3 is 10.6 Å². The Balaban J connectivity index is 0.00000264. The summed E-state index contributed by atoms with van der Waals surface area (Å²) in [7, 11) is 1.91. The van der Waals surface area contributed by atoms with Crippen molar-refractivity contribution in [2.24, 2.45) is 11.7 Å². The number of amides is 1. The van der Waals surface area contributed by atoms with Crippen LogP contribution in [0.2, 0.25) is 0 Å². The van der Waals surface area contributed by atoms with Gasteiger partial charge in [-0.2, -0.15) is 0 Å². The molecule has 130 valence electrons. The SMILES string of the molecule is CC(C)C(N)CCN(C)C(=O)CC1CCCc2ccccc21.Cl. The summed E-state index contributed by atoms with van der Waals surface area (Å²) in [4.78, 5) is 14.3. The van der Waals surface area contributed by atoms with Gasteiger partial charge in [0.2, 0.25) is 5.91 Å². The van der Waals surface area contributed by atoms with Gasteiger partial charge in [-0.15, -0.1) is 12.4 Å². The lowest BCUT2D eigenvalue weighted by Crippen LogP contribution is -2.35. The summed E-state index contributed by atoms with van der Waals surface area (Å²) >= 11 is 0. The number of hydrogen-bond acceptors (Lipinski definition) is 2. The number of carbonyl (C=O) groups is 1. The molecule has 1 aliphatic rings. The Kier molecular flexibility index (Phi) is 8.07. The van der Waals surface area contributed by atoms with Gasteiger partial charge in [0.1, 0.15) is 0 Å². The Morgan fingerprint density at radius 2 is 2.04 bits per heavy atom. The van der Waals surface area contributed by atoms with E-state index in [0.29, 0.717) is 18.3 Å². The van der Waals surface area contributed by atoms with Gasteiger partial charge in [-0.3, -0.25) is 4.79 Å². The Morgan fingerprint density at radius 3 is 2.74 bits per heavy atom. The van der Waals surface area contributed by atoms with Crippen LogP contribution in [0, 0.1) is 5.92 Å². The predicted molar refractivity (Wildman–Crippen MR) is 99.1 cm³/mol. The number of carbonyl (C=O) groups excluding carboxylic acids is 1. The molecular formula is C19H31ClN2O. The van der Waals surface area contributed by atoms with Gasteiger partial charge in [0.15, 0.2) is 0 Å². The van der Waals surface area contributed by atoms with Gasteiger partial charge in [-0.25, -0.2) is 0 Å². The number of halogens is 1. The number of benzene rings is 1. The third kappa shape index (κ3) is 5.50. The number of nitrogens with zero attached hydrogens (tertiary/aromatic N) is 1. The summed E-state index contributed by atoms with van der Waals surface area (Å²) in [6.45, 7) is 5.02. The summed E-state index contributed by atoms with van der Waals surface area (Å²) < 4.78 is 0. The van der Waals surface area contributed by atoms with Crippen LogP contribution in [-0.2, 0) is 11.2 Å². The van der Waals surface area contributed by atoms with Crippen molar-refractivity contribution in [1.29, 1.82) is 0 Å². The van der Waals surface area contributed by atoms with Crippen LogP contribution < -0.4 is 5.73 Å². The fraction of sp³-hybridized carbons (Fsp3) is 0.632. The van der Waals surface area contributed by atoms with E-state index in [9.17, 15) is 4.79 Å². The molecule has 1 amide bonds. The average Bonchev–Trinajstić information content (AvgIpc) is 2.52. The molecule has 0 heterocycles. The second kappa shape index (κ2) is 9.29. The minimum absolute atomic E-state index is 0. The van der Waals surface area contributed by atoms with Crippen molar-refractivity contribution in [1.82, 2.24) is 4.90 Å². The van der Waals surface area contributed by atoms with Crippen molar-refractivity contribution in [3.05, 3.63) is 35.4 Å². The van der Waals surface area contributed by atoms with E-state index >= 15 is 0 Å². The minimum Gasteiger partial charge on any atom is -0.346 e. The van der Waals surface area contributed by atoms with Crippen molar-refractivity contribution < 1.29 is 4.79 Å². The van der Waals surface area contributed by atoms with Crippen LogP contribution in [0.15, 0.2) is 24.3 Å². The molecule has 0 bridgehead atoms. The number of aryl methyl sites for hydroxylation is 1. The molecule has 1 aliphatic carbocycles. The molecule has 4 heteroatoms. The third-order valence-corrected chi connectivity index (χ3v) is 4.99. The van der Waals surface area contributed by atoms with Crippen molar-refractivity contribution in [2.45, 2.75) is 57.9 Å². The fourth-order valence-corrected chi connectivity index (χ4v) is 3.23.